The second-order valence-corrected chi connectivity index (χ2v) is 11.1. The number of aliphatic hydroxyl groups excluding tert-OH is 1. The van der Waals surface area contributed by atoms with Crippen molar-refractivity contribution in [3.8, 4) is 5.75 Å². The highest BCUT2D eigenvalue weighted by atomic mass is 35.5. The second-order valence-electron chi connectivity index (χ2n) is 8.54. The van der Waals surface area contributed by atoms with Gasteiger partial charge in [-0.3, -0.25) is 9.52 Å². The number of aliphatic hydroxyl groups is 1. The maximum atomic E-state index is 13.5. The van der Waals surface area contributed by atoms with Crippen molar-refractivity contribution in [3.05, 3.63) is 51.6 Å². The Kier molecular flexibility index (Phi) is 9.51. The molecule has 3 N–H and O–H groups in total. The topological polar surface area (TPSA) is 121 Å². The van der Waals surface area contributed by atoms with Crippen molar-refractivity contribution in [1.82, 2.24) is 15.2 Å². The number of aromatic nitrogens is 1. The average molecular weight is 585 g/mol. The van der Waals surface area contributed by atoms with Crippen LogP contribution in [0.1, 0.15) is 28.8 Å². The fourth-order valence-corrected chi connectivity index (χ4v) is 4.52. The van der Waals surface area contributed by atoms with Gasteiger partial charge in [-0.1, -0.05) is 23.2 Å². The summed E-state index contributed by atoms with van der Waals surface area (Å²) in [6.07, 6.45) is -3.29. The number of nitrogens with one attached hydrogen (secondary N) is 2. The van der Waals surface area contributed by atoms with Crippen molar-refractivity contribution in [2.45, 2.75) is 31.2 Å². The first-order valence-electron chi connectivity index (χ1n) is 11.1. The Hall–Kier alpha value is -2.32. The number of alkyl halides is 3. The monoisotopic (exact) mass is 584 g/mol. The molecule has 9 nitrogen and oxygen atoms in total. The quantitative estimate of drug-likeness (QED) is 0.413. The number of benzene rings is 1. The van der Waals surface area contributed by atoms with E-state index in [1.807, 2.05) is 9.62 Å². The van der Waals surface area contributed by atoms with Gasteiger partial charge in [-0.05, 0) is 31.0 Å². The van der Waals surface area contributed by atoms with Crippen molar-refractivity contribution in [3.63, 3.8) is 0 Å². The molecule has 1 amide bonds. The molecule has 204 valence electrons. The van der Waals surface area contributed by atoms with E-state index in [1.165, 1.54) is 0 Å². The molecule has 1 aliphatic rings. The molecule has 0 radical (unpaired) electrons. The van der Waals surface area contributed by atoms with Gasteiger partial charge in [0.05, 0.1) is 33.5 Å². The van der Waals surface area contributed by atoms with E-state index in [0.717, 1.165) is 6.26 Å². The number of nitrogens with zero attached hydrogens (tertiary/aromatic N) is 2. The van der Waals surface area contributed by atoms with Gasteiger partial charge in [0.2, 0.25) is 10.0 Å². The molecule has 1 atom stereocenters. The van der Waals surface area contributed by atoms with Crippen LogP contribution >= 0.6 is 23.2 Å². The summed E-state index contributed by atoms with van der Waals surface area (Å²) in [6.45, 7) is 1.11. The van der Waals surface area contributed by atoms with Crippen LogP contribution in [0.25, 0.3) is 0 Å². The van der Waals surface area contributed by atoms with Gasteiger partial charge in [0, 0.05) is 38.4 Å². The number of ether oxygens (including phenoxy) is 1. The normalized spacial score (nSPS) is 16.3. The van der Waals surface area contributed by atoms with Gasteiger partial charge < -0.3 is 20.1 Å². The summed E-state index contributed by atoms with van der Waals surface area (Å²) in [5.41, 5.74) is -2.15. The van der Waals surface area contributed by atoms with Crippen LogP contribution in [0.2, 0.25) is 10.0 Å². The zero-order chi connectivity index (χ0) is 27.4. The van der Waals surface area contributed by atoms with Crippen LogP contribution in [-0.4, -0.2) is 74.0 Å². The highest BCUT2D eigenvalue weighted by Crippen LogP contribution is 2.33. The van der Waals surface area contributed by atoms with Gasteiger partial charge in [0.1, 0.15) is 17.7 Å². The van der Waals surface area contributed by atoms with Crippen LogP contribution in [0.3, 0.4) is 0 Å². The van der Waals surface area contributed by atoms with E-state index in [9.17, 15) is 31.5 Å². The van der Waals surface area contributed by atoms with Crippen molar-refractivity contribution in [1.29, 1.82) is 0 Å². The third-order valence-electron chi connectivity index (χ3n) is 5.44. The molecule has 1 fully saturated rings. The van der Waals surface area contributed by atoms with E-state index >= 15 is 0 Å². The van der Waals surface area contributed by atoms with Gasteiger partial charge >= 0.3 is 6.18 Å². The molecular formula is C22H25Cl2F3N4O5S. The number of amides is 1. The third kappa shape index (κ3) is 8.88. The molecular weight excluding hydrogens is 560 g/mol. The van der Waals surface area contributed by atoms with Crippen LogP contribution in [0.5, 0.6) is 5.75 Å². The molecule has 3 rings (SSSR count). The van der Waals surface area contributed by atoms with Crippen LogP contribution in [0.4, 0.5) is 19.0 Å². The summed E-state index contributed by atoms with van der Waals surface area (Å²) in [5, 5.41) is 13.4. The first kappa shape index (κ1) is 29.2. The van der Waals surface area contributed by atoms with Crippen LogP contribution in [0.15, 0.2) is 30.5 Å². The number of piperidine rings is 1. The Morgan fingerprint density at radius 1 is 1.24 bits per heavy atom. The van der Waals surface area contributed by atoms with E-state index in [0.29, 0.717) is 54.0 Å². The molecule has 15 heteroatoms. The maximum absolute atomic E-state index is 13.5. The summed E-state index contributed by atoms with van der Waals surface area (Å²) in [5.74, 6) is -1.07. The predicted molar refractivity (Wildman–Crippen MR) is 133 cm³/mol. The molecule has 2 aromatic rings. The number of pyridine rings is 1. The molecule has 1 unspecified atom stereocenters. The van der Waals surface area contributed by atoms with Gasteiger partial charge in [-0.25, -0.2) is 13.4 Å². The van der Waals surface area contributed by atoms with Crippen molar-refractivity contribution in [2.24, 2.45) is 0 Å². The highest BCUT2D eigenvalue weighted by Gasteiger charge is 2.36. The first-order valence-corrected chi connectivity index (χ1v) is 13.7. The zero-order valence-corrected chi connectivity index (χ0v) is 21.9. The molecule has 0 spiro atoms. The van der Waals surface area contributed by atoms with Gasteiger partial charge in [-0.2, -0.15) is 13.2 Å². The second kappa shape index (κ2) is 12.0. The number of sulfonamides is 1. The van der Waals surface area contributed by atoms with Crippen molar-refractivity contribution < 1.29 is 36.2 Å². The Balaban J connectivity index is 1.50. The van der Waals surface area contributed by atoms with Gasteiger partial charge in [-0.15, -0.1) is 0 Å². The maximum Gasteiger partial charge on any atom is 0.417 e. The minimum Gasteiger partial charge on any atom is -0.490 e. The molecule has 0 saturated carbocycles. The van der Waals surface area contributed by atoms with Crippen molar-refractivity contribution in [2.75, 3.05) is 37.2 Å². The first-order chi connectivity index (χ1) is 17.2. The average Bonchev–Trinajstić information content (AvgIpc) is 2.79. The molecule has 0 aliphatic carbocycles. The third-order valence-corrected chi connectivity index (χ3v) is 6.76. The number of anilines is 1. The van der Waals surface area contributed by atoms with E-state index in [-0.39, 0.29) is 19.2 Å². The van der Waals surface area contributed by atoms with E-state index in [1.54, 1.807) is 18.2 Å². The van der Waals surface area contributed by atoms with Crippen LogP contribution < -0.4 is 14.8 Å². The number of carbonyl (C=O) groups excluding carboxylic acids is 1. The largest absolute Gasteiger partial charge is 0.490 e. The smallest absolute Gasteiger partial charge is 0.417 e. The highest BCUT2D eigenvalue weighted by molar-refractivity contribution is 7.92. The summed E-state index contributed by atoms with van der Waals surface area (Å²) < 4.78 is 70.7. The lowest BCUT2D eigenvalue weighted by Crippen LogP contribution is -2.45. The molecule has 37 heavy (non-hydrogen) atoms. The lowest BCUT2D eigenvalue weighted by atomic mass is 10.1. The molecule has 1 aromatic heterocycles. The Morgan fingerprint density at radius 2 is 1.92 bits per heavy atom. The lowest BCUT2D eigenvalue weighted by Gasteiger charge is -2.33. The number of carbonyl (C=O) groups is 1. The Bertz CT molecular complexity index is 1230. The summed E-state index contributed by atoms with van der Waals surface area (Å²) >= 11 is 11.9. The van der Waals surface area contributed by atoms with E-state index in [4.69, 9.17) is 27.9 Å². The molecule has 1 aliphatic heterocycles. The van der Waals surface area contributed by atoms with Crippen LogP contribution in [0, 0.1) is 0 Å². The predicted octanol–water partition coefficient (Wildman–Crippen LogP) is 3.41. The van der Waals surface area contributed by atoms with E-state index < -0.39 is 45.2 Å². The minimum absolute atomic E-state index is 0.0567. The molecule has 1 saturated heterocycles. The Morgan fingerprint density at radius 3 is 2.51 bits per heavy atom. The minimum atomic E-state index is -4.94. The van der Waals surface area contributed by atoms with Crippen LogP contribution in [-0.2, 0) is 16.2 Å². The SMILES string of the molecule is CS(=O)(=O)Nc1cc(C(F)(F)F)c(C(=O)NCC(O)CN2CCC(Oc3ccc(Cl)c(Cl)c3)CC2)cn1. The number of β-amino-alcohol motifs (C(OH)–C–C–N with tert-alkyl or cyclic N) is 1. The van der Waals surface area contributed by atoms with Gasteiger partial charge in [0.15, 0.2) is 0 Å². The number of hydrogen-bond donors (Lipinski definition) is 3. The fraction of sp³-hybridized carbons (Fsp3) is 0.455. The van der Waals surface area contributed by atoms with Crippen molar-refractivity contribution >= 4 is 45.0 Å². The van der Waals surface area contributed by atoms with Gasteiger partial charge in [0.25, 0.3) is 5.91 Å². The fourth-order valence-electron chi connectivity index (χ4n) is 3.74. The zero-order valence-electron chi connectivity index (χ0n) is 19.6. The summed E-state index contributed by atoms with van der Waals surface area (Å²) in [6, 6.07) is 5.45. The molecule has 1 aromatic carbocycles. The number of halogens is 5. The number of hydrogen-bond acceptors (Lipinski definition) is 7. The Labute approximate surface area is 222 Å². The lowest BCUT2D eigenvalue weighted by molar-refractivity contribution is -0.137. The number of rotatable bonds is 9. The molecule has 2 heterocycles. The molecule has 0 bridgehead atoms. The number of likely N-dealkylation sites (tertiary alicyclic amines) is 1. The summed E-state index contributed by atoms with van der Waals surface area (Å²) in [7, 11) is -3.87. The van der Waals surface area contributed by atoms with E-state index in [2.05, 4.69) is 10.3 Å². The standard InChI is InChI=1S/C22H25Cl2F3N4O5S/c1-37(34,35)30-20-9-17(22(25,26)27)16(11-28-20)21(33)29-10-13(32)12-31-6-4-14(5-7-31)36-15-2-3-18(23)19(24)8-15/h2-3,8-9,11,13-14,32H,4-7,10,12H2,1H3,(H,28,30)(H,29,33). The summed E-state index contributed by atoms with van der Waals surface area (Å²) in [4.78, 5) is 18.0.